The van der Waals surface area contributed by atoms with Gasteiger partial charge in [-0.05, 0) is 19.9 Å². The molecule has 1 heterocycles. The van der Waals surface area contributed by atoms with E-state index in [1.54, 1.807) is 0 Å². The number of hydrogen-bond donors (Lipinski definition) is 2. The lowest BCUT2D eigenvalue weighted by Gasteiger charge is -2.18. The fraction of sp³-hybridized carbons (Fsp3) is 0.364. The second-order valence-electron chi connectivity index (χ2n) is 3.69. The van der Waals surface area contributed by atoms with Gasteiger partial charge in [-0.1, -0.05) is 5.92 Å². The molecule has 1 rings (SSSR count). The summed E-state index contributed by atoms with van der Waals surface area (Å²) in [6, 6.07) is 1.42. The van der Waals surface area contributed by atoms with Gasteiger partial charge in [-0.2, -0.15) is 0 Å². The Hall–Kier alpha value is -1.73. The van der Waals surface area contributed by atoms with Crippen molar-refractivity contribution >= 4 is 5.97 Å². The van der Waals surface area contributed by atoms with E-state index in [9.17, 15) is 4.79 Å². The predicted molar refractivity (Wildman–Crippen MR) is 55.4 cm³/mol. The molecule has 0 saturated carbocycles. The normalized spacial score (nSPS) is 11.0. The van der Waals surface area contributed by atoms with Crippen LogP contribution in [0.5, 0.6) is 0 Å². The van der Waals surface area contributed by atoms with E-state index >= 15 is 0 Å². The van der Waals surface area contributed by atoms with E-state index in [0.29, 0.717) is 12.3 Å². The van der Waals surface area contributed by atoms with Crippen LogP contribution in [0, 0.1) is 12.3 Å². The zero-order valence-corrected chi connectivity index (χ0v) is 8.70. The van der Waals surface area contributed by atoms with Gasteiger partial charge in [-0.25, -0.2) is 4.79 Å². The Morgan fingerprint density at radius 3 is 2.93 bits per heavy atom. The van der Waals surface area contributed by atoms with Gasteiger partial charge in [-0.3, -0.25) is 5.32 Å². The van der Waals surface area contributed by atoms with Crippen LogP contribution in [0.25, 0.3) is 0 Å². The zero-order valence-electron chi connectivity index (χ0n) is 8.70. The molecule has 2 N–H and O–H groups in total. The van der Waals surface area contributed by atoms with Crippen molar-refractivity contribution in [3.8, 4) is 12.3 Å². The second kappa shape index (κ2) is 4.20. The van der Waals surface area contributed by atoms with Gasteiger partial charge < -0.3 is 9.52 Å². The number of carboxylic acid groups (broad SMARTS) is 1. The van der Waals surface area contributed by atoms with Crippen molar-refractivity contribution in [1.82, 2.24) is 5.32 Å². The summed E-state index contributed by atoms with van der Waals surface area (Å²) in [5.74, 6) is 1.93. The fourth-order valence-electron chi connectivity index (χ4n) is 1.02. The first-order valence-electron chi connectivity index (χ1n) is 4.49. The maximum atomic E-state index is 10.7. The highest BCUT2D eigenvalue weighted by molar-refractivity contribution is 5.88. The van der Waals surface area contributed by atoms with E-state index < -0.39 is 11.5 Å². The zero-order chi connectivity index (χ0) is 11.5. The molecule has 1 aromatic heterocycles. The van der Waals surface area contributed by atoms with Crippen LogP contribution in [0.2, 0.25) is 0 Å². The SMILES string of the molecule is C#CC(C)(C)NCc1occc1C(=O)O. The monoisotopic (exact) mass is 207 g/mol. The lowest BCUT2D eigenvalue weighted by molar-refractivity contribution is 0.0694. The summed E-state index contributed by atoms with van der Waals surface area (Å²) in [6.45, 7) is 3.96. The Balaban J connectivity index is 2.71. The highest BCUT2D eigenvalue weighted by Crippen LogP contribution is 2.11. The van der Waals surface area contributed by atoms with Crippen molar-refractivity contribution in [3.63, 3.8) is 0 Å². The molecule has 0 aliphatic carbocycles. The van der Waals surface area contributed by atoms with Gasteiger partial charge in [0.05, 0.1) is 18.3 Å². The lowest BCUT2D eigenvalue weighted by Crippen LogP contribution is -2.37. The summed E-state index contributed by atoms with van der Waals surface area (Å²) in [4.78, 5) is 10.7. The number of aromatic carboxylic acids is 1. The molecule has 0 radical (unpaired) electrons. The minimum Gasteiger partial charge on any atom is -0.478 e. The molecule has 0 atom stereocenters. The van der Waals surface area contributed by atoms with Crippen LogP contribution < -0.4 is 5.32 Å². The minimum absolute atomic E-state index is 0.162. The molecule has 0 saturated heterocycles. The Kier molecular flexibility index (Phi) is 3.17. The Morgan fingerprint density at radius 2 is 2.40 bits per heavy atom. The molecule has 1 aromatic rings. The number of hydrogen-bond acceptors (Lipinski definition) is 3. The molecule has 0 aromatic carbocycles. The topological polar surface area (TPSA) is 62.5 Å². The molecule has 15 heavy (non-hydrogen) atoms. The number of rotatable bonds is 4. The third-order valence-electron chi connectivity index (χ3n) is 2.03. The maximum Gasteiger partial charge on any atom is 0.339 e. The lowest BCUT2D eigenvalue weighted by atomic mass is 10.1. The fourth-order valence-corrected chi connectivity index (χ4v) is 1.02. The average Bonchev–Trinajstić information content (AvgIpc) is 2.63. The number of terminal acetylenes is 1. The molecule has 0 bridgehead atoms. The van der Waals surface area contributed by atoms with Crippen LogP contribution in [-0.2, 0) is 6.54 Å². The number of carbonyl (C=O) groups is 1. The van der Waals surface area contributed by atoms with Gasteiger partial charge in [0.2, 0.25) is 0 Å². The number of furan rings is 1. The van der Waals surface area contributed by atoms with Gasteiger partial charge in [0.15, 0.2) is 0 Å². The van der Waals surface area contributed by atoms with Crippen LogP contribution in [0.15, 0.2) is 16.7 Å². The first-order chi connectivity index (χ1) is 6.96. The third-order valence-corrected chi connectivity index (χ3v) is 2.03. The molecule has 4 nitrogen and oxygen atoms in total. The molecular formula is C11H13NO3. The molecule has 0 amide bonds. The summed E-state index contributed by atoms with van der Waals surface area (Å²) in [5.41, 5.74) is -0.321. The standard InChI is InChI=1S/C11H13NO3/c1-4-11(2,3)12-7-9-8(10(13)14)5-6-15-9/h1,5-6,12H,7H2,2-3H3,(H,13,14). The Morgan fingerprint density at radius 1 is 1.73 bits per heavy atom. The van der Waals surface area contributed by atoms with Crippen molar-refractivity contribution in [2.24, 2.45) is 0 Å². The van der Waals surface area contributed by atoms with Crippen LogP contribution in [0.4, 0.5) is 0 Å². The van der Waals surface area contributed by atoms with Crippen LogP contribution in [-0.4, -0.2) is 16.6 Å². The van der Waals surface area contributed by atoms with Crippen LogP contribution in [0.3, 0.4) is 0 Å². The van der Waals surface area contributed by atoms with Gasteiger partial charge in [0.25, 0.3) is 0 Å². The largest absolute Gasteiger partial charge is 0.478 e. The van der Waals surface area contributed by atoms with Crippen LogP contribution >= 0.6 is 0 Å². The molecule has 0 aliphatic rings. The highest BCUT2D eigenvalue weighted by Gasteiger charge is 2.17. The molecule has 0 unspecified atom stereocenters. The summed E-state index contributed by atoms with van der Waals surface area (Å²) < 4.78 is 5.05. The van der Waals surface area contributed by atoms with E-state index in [-0.39, 0.29) is 5.56 Å². The van der Waals surface area contributed by atoms with E-state index in [1.807, 2.05) is 13.8 Å². The molecule has 0 spiro atoms. The Labute approximate surface area is 88.3 Å². The van der Waals surface area contributed by atoms with Crippen molar-refractivity contribution in [3.05, 3.63) is 23.7 Å². The molecule has 80 valence electrons. The summed E-state index contributed by atoms with van der Waals surface area (Å²) in [5, 5.41) is 11.8. The van der Waals surface area contributed by atoms with E-state index in [1.165, 1.54) is 12.3 Å². The Bertz CT molecular complexity index is 398. The maximum absolute atomic E-state index is 10.7. The second-order valence-corrected chi connectivity index (χ2v) is 3.69. The van der Waals surface area contributed by atoms with Crippen molar-refractivity contribution in [2.75, 3.05) is 0 Å². The quantitative estimate of drug-likeness (QED) is 0.734. The molecular weight excluding hydrogens is 194 g/mol. The van der Waals surface area contributed by atoms with E-state index in [0.717, 1.165) is 0 Å². The van der Waals surface area contributed by atoms with Gasteiger partial charge in [-0.15, -0.1) is 6.42 Å². The minimum atomic E-state index is -1.00. The van der Waals surface area contributed by atoms with Crippen LogP contribution in [0.1, 0.15) is 30.0 Å². The first-order valence-corrected chi connectivity index (χ1v) is 4.49. The van der Waals surface area contributed by atoms with Crippen molar-refractivity contribution in [2.45, 2.75) is 25.9 Å². The van der Waals surface area contributed by atoms with E-state index in [2.05, 4.69) is 11.2 Å². The van der Waals surface area contributed by atoms with Gasteiger partial charge in [0, 0.05) is 0 Å². The van der Waals surface area contributed by atoms with Crippen molar-refractivity contribution < 1.29 is 14.3 Å². The summed E-state index contributed by atoms with van der Waals surface area (Å²) in [6.07, 6.45) is 6.63. The molecule has 0 aliphatic heterocycles. The van der Waals surface area contributed by atoms with Gasteiger partial charge >= 0.3 is 5.97 Å². The molecule has 4 heteroatoms. The van der Waals surface area contributed by atoms with Gasteiger partial charge in [0.1, 0.15) is 11.3 Å². The third kappa shape index (κ3) is 2.86. The highest BCUT2D eigenvalue weighted by atomic mass is 16.4. The number of nitrogens with one attached hydrogen (secondary N) is 1. The first kappa shape index (κ1) is 11.3. The van der Waals surface area contributed by atoms with E-state index in [4.69, 9.17) is 15.9 Å². The number of carboxylic acids is 1. The predicted octanol–water partition coefficient (Wildman–Crippen LogP) is 1.48. The summed E-state index contributed by atoms with van der Waals surface area (Å²) >= 11 is 0. The molecule has 0 fully saturated rings. The smallest absolute Gasteiger partial charge is 0.339 e. The summed E-state index contributed by atoms with van der Waals surface area (Å²) in [7, 11) is 0. The van der Waals surface area contributed by atoms with Crippen molar-refractivity contribution in [1.29, 1.82) is 0 Å². The average molecular weight is 207 g/mol.